The minimum Gasteiger partial charge on any atom is -0.423 e. The van der Waals surface area contributed by atoms with Crippen LogP contribution in [0.15, 0.2) is 23.1 Å². The molecule has 1 aliphatic heterocycles. The Morgan fingerprint density at radius 2 is 2.10 bits per heavy atom. The summed E-state index contributed by atoms with van der Waals surface area (Å²) in [5, 5.41) is 3.12. The number of nitrogens with zero attached hydrogens (tertiary/aromatic N) is 1. The molecule has 2 fully saturated rings. The van der Waals surface area contributed by atoms with Gasteiger partial charge in [0.25, 0.3) is 0 Å². The number of rotatable bonds is 6. The highest BCUT2D eigenvalue weighted by Gasteiger charge is 2.42. The highest BCUT2D eigenvalue weighted by atomic mass is 32.2. The number of esters is 1. The van der Waals surface area contributed by atoms with Gasteiger partial charge in [0.1, 0.15) is 6.54 Å². The predicted molar refractivity (Wildman–Crippen MR) is 109 cm³/mol. The molecule has 2 bridgehead atoms. The number of hydrogen-bond acceptors (Lipinski definition) is 6. The zero-order valence-corrected chi connectivity index (χ0v) is 17.7. The first-order valence-corrected chi connectivity index (χ1v) is 12.0. The van der Waals surface area contributed by atoms with Crippen molar-refractivity contribution in [1.29, 1.82) is 0 Å². The quantitative estimate of drug-likeness (QED) is 0.560. The maximum absolute atomic E-state index is 12.7. The van der Waals surface area contributed by atoms with E-state index >= 15 is 0 Å². The number of fused-ring (bicyclic) bond motifs is 3. The van der Waals surface area contributed by atoms with Crippen LogP contribution < -0.4 is 15.0 Å². The van der Waals surface area contributed by atoms with Crippen LogP contribution in [0, 0.1) is 17.8 Å². The summed E-state index contributed by atoms with van der Waals surface area (Å²) in [7, 11) is -3.41. The summed E-state index contributed by atoms with van der Waals surface area (Å²) in [6, 6.07) is 4.59. The Kier molecular flexibility index (Phi) is 5.31. The second-order valence-electron chi connectivity index (χ2n) is 8.56. The lowest BCUT2D eigenvalue weighted by Gasteiger charge is -2.32. The van der Waals surface area contributed by atoms with Crippen molar-refractivity contribution in [2.75, 3.05) is 23.7 Å². The number of carbonyl (C=O) groups excluding carboxylic acids is 2. The molecule has 4 rings (SSSR count). The lowest BCUT2D eigenvalue weighted by atomic mass is 9.84. The zero-order chi connectivity index (χ0) is 20.8. The van der Waals surface area contributed by atoms with E-state index in [9.17, 15) is 18.0 Å². The van der Waals surface area contributed by atoms with Gasteiger partial charge in [-0.15, -0.1) is 0 Å². The van der Waals surface area contributed by atoms with Crippen molar-refractivity contribution in [3.8, 4) is 5.75 Å². The van der Waals surface area contributed by atoms with Crippen molar-refractivity contribution in [3.05, 3.63) is 18.2 Å². The Morgan fingerprint density at radius 1 is 1.31 bits per heavy atom. The first kappa shape index (κ1) is 20.2. The summed E-state index contributed by atoms with van der Waals surface area (Å²) in [4.78, 5) is 26.5. The van der Waals surface area contributed by atoms with Gasteiger partial charge in [0, 0.05) is 12.1 Å². The van der Waals surface area contributed by atoms with E-state index in [0.717, 1.165) is 11.8 Å². The van der Waals surface area contributed by atoms with Crippen molar-refractivity contribution in [2.24, 2.45) is 17.8 Å². The molecule has 29 heavy (non-hydrogen) atoms. The van der Waals surface area contributed by atoms with Gasteiger partial charge >= 0.3 is 5.97 Å². The zero-order valence-electron chi connectivity index (χ0n) is 16.9. The van der Waals surface area contributed by atoms with Crippen molar-refractivity contribution in [2.45, 2.75) is 50.5 Å². The number of nitrogens with one attached hydrogen (secondary N) is 1. The molecular formula is C21H28N2O5S. The van der Waals surface area contributed by atoms with Crippen LogP contribution in [-0.2, 0) is 19.4 Å². The van der Waals surface area contributed by atoms with E-state index in [4.69, 9.17) is 4.74 Å². The van der Waals surface area contributed by atoms with Crippen molar-refractivity contribution >= 4 is 27.4 Å². The van der Waals surface area contributed by atoms with Gasteiger partial charge < -0.3 is 15.0 Å². The van der Waals surface area contributed by atoms with Crippen molar-refractivity contribution in [3.63, 3.8) is 0 Å². The van der Waals surface area contributed by atoms with E-state index in [0.29, 0.717) is 11.6 Å². The molecule has 8 heteroatoms. The molecule has 0 radical (unpaired) electrons. The Hall–Kier alpha value is -2.09. The summed E-state index contributed by atoms with van der Waals surface area (Å²) in [6.07, 6.45) is 5.08. The van der Waals surface area contributed by atoms with Gasteiger partial charge in [-0.05, 0) is 56.1 Å². The second-order valence-corrected chi connectivity index (χ2v) is 10.8. The third kappa shape index (κ3) is 3.99. The third-order valence-corrected chi connectivity index (χ3v) is 8.45. The molecule has 1 heterocycles. The van der Waals surface area contributed by atoms with Crippen LogP contribution in [0.3, 0.4) is 0 Å². The maximum atomic E-state index is 12.7. The summed E-state index contributed by atoms with van der Waals surface area (Å²) >= 11 is 0. The molecule has 4 atom stereocenters. The fraction of sp³-hybridized carbons (Fsp3) is 0.619. The molecule has 3 aliphatic rings. The molecule has 0 saturated heterocycles. The number of amides is 1. The van der Waals surface area contributed by atoms with Gasteiger partial charge in [-0.3, -0.25) is 4.79 Å². The Labute approximate surface area is 171 Å². The molecule has 1 aromatic carbocycles. The summed E-state index contributed by atoms with van der Waals surface area (Å²) < 4.78 is 29.5. The molecule has 2 aliphatic carbocycles. The van der Waals surface area contributed by atoms with Crippen molar-refractivity contribution in [1.82, 2.24) is 5.32 Å². The van der Waals surface area contributed by atoms with Crippen LogP contribution in [0.1, 0.15) is 39.5 Å². The van der Waals surface area contributed by atoms with E-state index in [1.54, 1.807) is 17.9 Å². The molecule has 7 nitrogen and oxygen atoms in total. The van der Waals surface area contributed by atoms with Crippen LogP contribution >= 0.6 is 0 Å². The predicted octanol–water partition coefficient (Wildman–Crippen LogP) is 2.15. The molecule has 158 valence electrons. The number of carbonyl (C=O) groups is 2. The second kappa shape index (κ2) is 7.63. The first-order chi connectivity index (χ1) is 13.8. The molecular weight excluding hydrogens is 392 g/mol. The van der Waals surface area contributed by atoms with E-state index in [1.807, 2.05) is 0 Å². The van der Waals surface area contributed by atoms with Gasteiger partial charge in [0.15, 0.2) is 15.6 Å². The van der Waals surface area contributed by atoms with Crippen molar-refractivity contribution < 1.29 is 22.7 Å². The molecule has 1 aromatic rings. The molecule has 4 unspecified atom stereocenters. The molecule has 2 saturated carbocycles. The van der Waals surface area contributed by atoms with Crippen LogP contribution in [0.25, 0.3) is 0 Å². The highest BCUT2D eigenvalue weighted by molar-refractivity contribution is 7.91. The largest absolute Gasteiger partial charge is 0.423 e. The Bertz CT molecular complexity index is 929. The smallest absolute Gasteiger partial charge is 0.331 e. The van der Waals surface area contributed by atoms with Crippen LogP contribution in [0.2, 0.25) is 0 Å². The minimum absolute atomic E-state index is 0.0349. The lowest BCUT2D eigenvalue weighted by Crippen LogP contribution is -2.47. The minimum atomic E-state index is -3.41. The average molecular weight is 421 g/mol. The SMILES string of the molecule is CCS(=O)(=O)c1ccc2c(c1)OC(=O)CN2CC(=O)NC(C)C1CC2CCC1C2. The highest BCUT2D eigenvalue weighted by Crippen LogP contribution is 2.49. The molecule has 1 amide bonds. The normalized spacial score (nSPS) is 26.8. The van der Waals surface area contributed by atoms with Gasteiger partial charge in [-0.25, -0.2) is 13.2 Å². The maximum Gasteiger partial charge on any atom is 0.331 e. The Morgan fingerprint density at radius 3 is 2.76 bits per heavy atom. The number of ether oxygens (including phenoxy) is 1. The van der Waals surface area contributed by atoms with E-state index in [2.05, 4.69) is 12.2 Å². The number of hydrogen-bond donors (Lipinski definition) is 1. The van der Waals surface area contributed by atoms with Crippen LogP contribution in [0.5, 0.6) is 5.75 Å². The topological polar surface area (TPSA) is 92.8 Å². The van der Waals surface area contributed by atoms with E-state index < -0.39 is 15.8 Å². The summed E-state index contributed by atoms with van der Waals surface area (Å²) in [5.41, 5.74) is 0.558. The van der Waals surface area contributed by atoms with E-state index in [-0.39, 0.29) is 41.4 Å². The standard InChI is InChI=1S/C21H28N2O5S/c1-3-29(26,27)16-6-7-18-19(10-16)28-21(25)12-23(18)11-20(24)22-13(2)17-9-14-4-5-15(17)8-14/h6-7,10,13-15,17H,3-5,8-9,11-12H2,1-2H3,(H,22,24). The summed E-state index contributed by atoms with van der Waals surface area (Å²) in [5.74, 6) is 1.60. The van der Waals surface area contributed by atoms with Gasteiger partial charge in [-0.1, -0.05) is 13.3 Å². The van der Waals surface area contributed by atoms with E-state index in [1.165, 1.54) is 37.8 Å². The third-order valence-electron chi connectivity index (χ3n) is 6.71. The number of benzene rings is 1. The molecule has 0 aromatic heterocycles. The number of sulfone groups is 1. The van der Waals surface area contributed by atoms with Crippen LogP contribution in [-0.4, -0.2) is 45.2 Å². The van der Waals surface area contributed by atoms with Gasteiger partial charge in [0.2, 0.25) is 5.91 Å². The average Bonchev–Trinajstić information content (AvgIpc) is 3.30. The molecule has 0 spiro atoms. The Balaban J connectivity index is 1.45. The monoisotopic (exact) mass is 420 g/mol. The van der Waals surface area contributed by atoms with Crippen LogP contribution in [0.4, 0.5) is 5.69 Å². The fourth-order valence-electron chi connectivity index (χ4n) is 5.22. The fourth-order valence-corrected chi connectivity index (χ4v) is 6.12. The first-order valence-electron chi connectivity index (χ1n) is 10.4. The lowest BCUT2D eigenvalue weighted by molar-refractivity contribution is -0.133. The van der Waals surface area contributed by atoms with Gasteiger partial charge in [0.05, 0.1) is 22.9 Å². The van der Waals surface area contributed by atoms with Gasteiger partial charge in [-0.2, -0.15) is 0 Å². The summed E-state index contributed by atoms with van der Waals surface area (Å²) in [6.45, 7) is 3.63. The number of anilines is 1. The molecule has 1 N–H and O–H groups in total.